The fourth-order valence-corrected chi connectivity index (χ4v) is 9.09. The molecule has 4 heterocycles. The Morgan fingerprint density at radius 3 is 2.34 bits per heavy atom. The second-order valence-corrected chi connectivity index (χ2v) is 14.5. The molecule has 44 heavy (non-hydrogen) atoms. The number of halogens is 3. The molecule has 1 saturated carbocycles. The Kier molecular flexibility index (Phi) is 10.4. The minimum absolute atomic E-state index is 0.0804. The molecule has 0 radical (unpaired) electrons. The normalized spacial score (nSPS) is 19.8. The van der Waals surface area contributed by atoms with E-state index in [9.17, 15) is 13.6 Å². The van der Waals surface area contributed by atoms with Gasteiger partial charge in [0.05, 0.1) is 20.6 Å². The number of anilines is 3. The van der Waals surface area contributed by atoms with Gasteiger partial charge in [-0.3, -0.25) is 19.2 Å². The van der Waals surface area contributed by atoms with E-state index in [1.807, 2.05) is 11.4 Å². The summed E-state index contributed by atoms with van der Waals surface area (Å²) in [7, 11) is 0. The SMILES string of the molecule is O=C(Nc1nc(-c2cc(Cl)cs2)c(N2CCN(C3CCCCC3)CC2)s1)c1cc(F)c(N2CCN(NS(=O)[O-])CC2)c(Cl)c1. The number of amides is 1. The zero-order valence-corrected chi connectivity index (χ0v) is 27.9. The van der Waals surface area contributed by atoms with Crippen molar-refractivity contribution in [2.45, 2.75) is 38.1 Å². The molecule has 2 aliphatic heterocycles. The average Bonchev–Trinajstić information content (AvgIpc) is 3.64. The average molecular weight is 702 g/mol. The van der Waals surface area contributed by atoms with Gasteiger partial charge in [0, 0.05) is 80.6 Å². The Morgan fingerprint density at radius 1 is 1.00 bits per heavy atom. The molecule has 2 saturated heterocycles. The second kappa shape index (κ2) is 14.3. The summed E-state index contributed by atoms with van der Waals surface area (Å²) in [4.78, 5) is 28.0. The predicted molar refractivity (Wildman–Crippen MR) is 176 cm³/mol. The summed E-state index contributed by atoms with van der Waals surface area (Å²) in [5.74, 6) is -1.14. The van der Waals surface area contributed by atoms with Gasteiger partial charge in [0.2, 0.25) is 0 Å². The highest BCUT2D eigenvalue weighted by molar-refractivity contribution is 7.76. The van der Waals surface area contributed by atoms with E-state index in [1.165, 1.54) is 71.9 Å². The Bertz CT molecular complexity index is 1480. The standard InChI is InChI=1S/C28H34Cl2FN7O3S3/c29-19-16-23(42-17-19)24-27(37-8-6-35(7-9-37)20-4-2-1-3-5-20)43-28(32-24)33-26(39)18-14-21(30)25(22(31)15-18)36-10-12-38(13-11-36)34-44(40)41/h14-17,20,34H,1-13H2,(H,40,41)(H,32,33,39)/p-1. The van der Waals surface area contributed by atoms with E-state index in [2.05, 4.69) is 19.9 Å². The number of piperazine rings is 2. The Hall–Kier alpha value is -1.88. The minimum atomic E-state index is -2.42. The number of thiophene rings is 1. The number of carbonyl (C=O) groups is 1. The third-order valence-corrected chi connectivity index (χ3v) is 11.4. The van der Waals surface area contributed by atoms with Crippen molar-refractivity contribution >= 4 is 78.9 Å². The van der Waals surface area contributed by atoms with Crippen molar-refractivity contribution in [3.8, 4) is 10.6 Å². The highest BCUT2D eigenvalue weighted by Gasteiger charge is 2.29. The molecule has 2 aromatic heterocycles. The number of thiazole rings is 1. The van der Waals surface area contributed by atoms with Crippen LogP contribution in [0.2, 0.25) is 10.0 Å². The van der Waals surface area contributed by atoms with E-state index in [0.717, 1.165) is 41.8 Å². The van der Waals surface area contributed by atoms with Crippen LogP contribution in [-0.4, -0.2) is 88.0 Å². The van der Waals surface area contributed by atoms with Crippen LogP contribution in [0.5, 0.6) is 0 Å². The van der Waals surface area contributed by atoms with Gasteiger partial charge in [-0.2, -0.15) is 4.83 Å². The molecule has 238 valence electrons. The zero-order chi connectivity index (χ0) is 30.8. The molecule has 0 bridgehead atoms. The molecule has 1 unspecified atom stereocenters. The molecule has 1 aromatic carbocycles. The van der Waals surface area contributed by atoms with Crippen LogP contribution in [0, 0.1) is 5.82 Å². The number of hydrazine groups is 1. The molecule has 3 aromatic rings. The molecule has 1 atom stereocenters. The van der Waals surface area contributed by atoms with E-state index in [-0.39, 0.29) is 16.3 Å². The largest absolute Gasteiger partial charge is 0.759 e. The van der Waals surface area contributed by atoms with Crippen molar-refractivity contribution in [1.82, 2.24) is 19.7 Å². The summed E-state index contributed by atoms with van der Waals surface area (Å²) in [6.07, 6.45) is 6.52. The van der Waals surface area contributed by atoms with Crippen LogP contribution < -0.4 is 19.9 Å². The lowest BCUT2D eigenvalue weighted by Gasteiger charge is -2.41. The maximum atomic E-state index is 15.3. The van der Waals surface area contributed by atoms with Gasteiger partial charge in [-0.1, -0.05) is 53.8 Å². The number of aromatic nitrogens is 1. The van der Waals surface area contributed by atoms with E-state index in [0.29, 0.717) is 42.4 Å². The molecular weight excluding hydrogens is 668 g/mol. The molecule has 10 nitrogen and oxygen atoms in total. The quantitative estimate of drug-likeness (QED) is 0.299. The summed E-state index contributed by atoms with van der Waals surface area (Å²) >= 11 is 13.3. The third-order valence-electron chi connectivity index (χ3n) is 8.40. The molecule has 16 heteroatoms. The highest BCUT2D eigenvalue weighted by atomic mass is 35.5. The molecule has 3 aliphatic rings. The minimum Gasteiger partial charge on any atom is -0.759 e. The van der Waals surface area contributed by atoms with E-state index in [4.69, 9.17) is 28.2 Å². The molecule has 3 fully saturated rings. The first-order chi connectivity index (χ1) is 21.2. The molecular formula is C28H33Cl2FN7O3S3-. The Labute approximate surface area is 276 Å². The lowest BCUT2D eigenvalue weighted by atomic mass is 9.94. The van der Waals surface area contributed by atoms with Crippen LogP contribution in [0.25, 0.3) is 10.6 Å². The fourth-order valence-electron chi connectivity index (χ4n) is 6.21. The van der Waals surface area contributed by atoms with Crippen molar-refractivity contribution in [2.24, 2.45) is 0 Å². The molecule has 1 amide bonds. The van der Waals surface area contributed by atoms with Crippen LogP contribution in [0.3, 0.4) is 0 Å². The van der Waals surface area contributed by atoms with Crippen molar-refractivity contribution in [1.29, 1.82) is 0 Å². The lowest BCUT2D eigenvalue weighted by molar-refractivity contribution is 0.102. The van der Waals surface area contributed by atoms with Gasteiger partial charge in [0.15, 0.2) is 5.13 Å². The Morgan fingerprint density at radius 2 is 1.70 bits per heavy atom. The van der Waals surface area contributed by atoms with Crippen molar-refractivity contribution in [3.63, 3.8) is 0 Å². The van der Waals surface area contributed by atoms with Gasteiger partial charge >= 0.3 is 0 Å². The van der Waals surface area contributed by atoms with Crippen LogP contribution in [-0.2, 0) is 11.3 Å². The first kappa shape index (κ1) is 32.1. The zero-order valence-electron chi connectivity index (χ0n) is 23.9. The van der Waals surface area contributed by atoms with Crippen molar-refractivity contribution in [3.05, 3.63) is 45.0 Å². The maximum absolute atomic E-state index is 15.3. The summed E-state index contributed by atoms with van der Waals surface area (Å²) in [5.41, 5.74) is 1.05. The van der Waals surface area contributed by atoms with Crippen molar-refractivity contribution in [2.75, 3.05) is 67.5 Å². The predicted octanol–water partition coefficient (Wildman–Crippen LogP) is 5.45. The number of rotatable bonds is 8. The number of carbonyl (C=O) groups excluding carboxylic acids is 1. The first-order valence-corrected chi connectivity index (χ1v) is 18.2. The molecule has 6 rings (SSSR count). The Balaban J connectivity index is 1.16. The topological polar surface area (TPSA) is 107 Å². The van der Waals surface area contributed by atoms with Gasteiger partial charge in [0.1, 0.15) is 16.5 Å². The van der Waals surface area contributed by atoms with Gasteiger partial charge in [-0.15, -0.1) is 11.3 Å². The smallest absolute Gasteiger partial charge is 0.257 e. The molecule has 1 aliphatic carbocycles. The van der Waals surface area contributed by atoms with Crippen LogP contribution >= 0.6 is 45.9 Å². The van der Waals surface area contributed by atoms with Gasteiger partial charge < -0.3 is 14.4 Å². The van der Waals surface area contributed by atoms with Crippen LogP contribution in [0.4, 0.5) is 20.2 Å². The van der Waals surface area contributed by atoms with E-state index < -0.39 is 23.0 Å². The van der Waals surface area contributed by atoms with Gasteiger partial charge in [-0.05, 0) is 31.0 Å². The van der Waals surface area contributed by atoms with Crippen LogP contribution in [0.15, 0.2) is 23.6 Å². The highest BCUT2D eigenvalue weighted by Crippen LogP contribution is 2.42. The number of hydrogen-bond acceptors (Lipinski definition) is 10. The monoisotopic (exact) mass is 700 g/mol. The van der Waals surface area contributed by atoms with Gasteiger partial charge in [0.25, 0.3) is 5.91 Å². The number of nitrogens with one attached hydrogen (secondary N) is 2. The van der Waals surface area contributed by atoms with Gasteiger partial charge in [-0.25, -0.2) is 14.4 Å². The van der Waals surface area contributed by atoms with Crippen LogP contribution in [0.1, 0.15) is 42.5 Å². The summed E-state index contributed by atoms with van der Waals surface area (Å²) in [6, 6.07) is 5.19. The van der Waals surface area contributed by atoms with E-state index >= 15 is 4.39 Å². The summed E-state index contributed by atoms with van der Waals surface area (Å²) < 4.78 is 37.1. The van der Waals surface area contributed by atoms with E-state index in [1.54, 1.807) is 4.90 Å². The first-order valence-electron chi connectivity index (χ1n) is 14.6. The lowest BCUT2D eigenvalue weighted by Crippen LogP contribution is -2.52. The second-order valence-electron chi connectivity index (χ2n) is 11.2. The number of hydrogen-bond donors (Lipinski definition) is 2. The summed E-state index contributed by atoms with van der Waals surface area (Å²) in [5, 5.41) is 8.41. The molecule has 2 N–H and O–H groups in total. The number of nitrogens with zero attached hydrogens (tertiary/aromatic N) is 5. The third kappa shape index (κ3) is 7.39. The fraction of sp³-hybridized carbons (Fsp3) is 0.500. The summed E-state index contributed by atoms with van der Waals surface area (Å²) in [6.45, 7) is 5.15. The maximum Gasteiger partial charge on any atom is 0.257 e. The molecule has 0 spiro atoms. The van der Waals surface area contributed by atoms with Crippen molar-refractivity contribution < 1.29 is 17.9 Å². The number of benzene rings is 1.